The van der Waals surface area contributed by atoms with Gasteiger partial charge in [-0.2, -0.15) is 0 Å². The number of hydrogen-bond donors (Lipinski definition) is 0. The normalized spacial score (nSPS) is 52.0. The second-order valence-corrected chi connectivity index (χ2v) is 6.58. The highest BCUT2D eigenvalue weighted by molar-refractivity contribution is 5.87. The maximum absolute atomic E-state index is 11.1. The molecule has 4 atom stereocenters. The van der Waals surface area contributed by atoms with E-state index < -0.39 is 0 Å². The van der Waals surface area contributed by atoms with Gasteiger partial charge < -0.3 is 4.74 Å². The Morgan fingerprint density at radius 1 is 1.38 bits per heavy atom. The van der Waals surface area contributed by atoms with Crippen LogP contribution in [0.5, 0.6) is 0 Å². The number of epoxide rings is 1. The van der Waals surface area contributed by atoms with Gasteiger partial charge in [-0.15, -0.1) is 0 Å². The van der Waals surface area contributed by atoms with Crippen LogP contribution in [0.3, 0.4) is 0 Å². The Morgan fingerprint density at radius 3 is 2.69 bits per heavy atom. The minimum atomic E-state index is -0.177. The van der Waals surface area contributed by atoms with E-state index in [1.165, 1.54) is 12.8 Å². The van der Waals surface area contributed by atoms with Gasteiger partial charge in [0.2, 0.25) is 0 Å². The fourth-order valence-electron chi connectivity index (χ4n) is 4.08. The quantitative estimate of drug-likeness (QED) is 0.529. The van der Waals surface area contributed by atoms with Crippen LogP contribution in [0, 0.1) is 17.3 Å². The molecular weight excluding hydrogens is 200 g/mol. The molecule has 0 unspecified atom stereocenters. The lowest BCUT2D eigenvalue weighted by atomic mass is 9.64. The zero-order valence-electron chi connectivity index (χ0n) is 10.5. The van der Waals surface area contributed by atoms with Crippen molar-refractivity contribution < 1.29 is 9.53 Å². The van der Waals surface area contributed by atoms with Gasteiger partial charge in [0, 0.05) is 5.41 Å². The number of carbonyl (C=O) groups excluding carboxylic acids is 1. The SMILES string of the molecule is CC(=O)/C=C/[C@@]12O[C@]1(C)[C@H]1C[C@H]1CC2(C)C. The van der Waals surface area contributed by atoms with E-state index in [0.717, 1.165) is 11.8 Å². The van der Waals surface area contributed by atoms with Crippen LogP contribution in [0.2, 0.25) is 0 Å². The van der Waals surface area contributed by atoms with Gasteiger partial charge in [0.25, 0.3) is 0 Å². The third kappa shape index (κ3) is 1.04. The molecule has 0 spiro atoms. The fraction of sp³-hybridized carbons (Fsp3) is 0.786. The fourth-order valence-corrected chi connectivity index (χ4v) is 4.08. The Balaban J connectivity index is 1.97. The van der Waals surface area contributed by atoms with Crippen LogP contribution in [-0.2, 0) is 9.53 Å². The molecule has 3 rings (SSSR count). The van der Waals surface area contributed by atoms with Crippen LogP contribution < -0.4 is 0 Å². The van der Waals surface area contributed by atoms with Gasteiger partial charge >= 0.3 is 0 Å². The van der Waals surface area contributed by atoms with Gasteiger partial charge in [-0.1, -0.05) is 13.8 Å². The van der Waals surface area contributed by atoms with E-state index in [0.29, 0.717) is 0 Å². The van der Waals surface area contributed by atoms with Crippen LogP contribution in [0.15, 0.2) is 12.2 Å². The molecule has 2 nitrogen and oxygen atoms in total. The highest BCUT2D eigenvalue weighted by Crippen LogP contribution is 2.76. The van der Waals surface area contributed by atoms with Gasteiger partial charge in [-0.25, -0.2) is 0 Å². The Morgan fingerprint density at radius 2 is 2.06 bits per heavy atom. The average Bonchev–Trinajstić information content (AvgIpc) is 2.98. The first kappa shape index (κ1) is 10.5. The second kappa shape index (κ2) is 2.61. The van der Waals surface area contributed by atoms with Crippen LogP contribution in [0.1, 0.15) is 40.5 Å². The smallest absolute Gasteiger partial charge is 0.152 e. The predicted octanol–water partition coefficient (Wildman–Crippen LogP) is 2.73. The Bertz CT molecular complexity index is 389. The molecule has 2 aliphatic carbocycles. The van der Waals surface area contributed by atoms with E-state index in [2.05, 4.69) is 20.8 Å². The summed E-state index contributed by atoms with van der Waals surface area (Å²) in [6, 6.07) is 0. The molecule has 2 saturated carbocycles. The van der Waals surface area contributed by atoms with Crippen molar-refractivity contribution in [1.82, 2.24) is 0 Å². The standard InChI is InChI=1S/C14H20O2/c1-9(15)5-6-14-12(2,3)8-10-7-11(10)13(14,4)16-14/h5-6,10-11H,7-8H2,1-4H3/b6-5+/t10-,11-,13+,14-/m0/s1. The molecule has 1 saturated heterocycles. The summed E-state index contributed by atoms with van der Waals surface area (Å²) in [5.41, 5.74) is -0.0138. The lowest BCUT2D eigenvalue weighted by molar-refractivity contribution is -0.112. The van der Waals surface area contributed by atoms with Gasteiger partial charge in [-0.05, 0) is 50.7 Å². The molecule has 0 aromatic rings. The van der Waals surface area contributed by atoms with Gasteiger partial charge in [0.15, 0.2) is 5.78 Å². The zero-order chi connectivity index (χ0) is 11.8. The maximum Gasteiger partial charge on any atom is 0.152 e. The summed E-state index contributed by atoms with van der Waals surface area (Å²) >= 11 is 0. The molecule has 0 aromatic carbocycles. The molecular formula is C14H20O2. The number of ketones is 1. The first-order valence-corrected chi connectivity index (χ1v) is 6.22. The zero-order valence-corrected chi connectivity index (χ0v) is 10.5. The highest BCUT2D eigenvalue weighted by atomic mass is 16.6. The van der Waals surface area contributed by atoms with Gasteiger partial charge in [-0.3, -0.25) is 4.79 Å². The van der Waals surface area contributed by atoms with Crippen LogP contribution in [0.25, 0.3) is 0 Å². The van der Waals surface area contributed by atoms with Gasteiger partial charge in [0.1, 0.15) is 11.2 Å². The largest absolute Gasteiger partial charge is 0.357 e. The summed E-state index contributed by atoms with van der Waals surface area (Å²) in [6.45, 7) is 8.38. The summed E-state index contributed by atoms with van der Waals surface area (Å²) in [5, 5.41) is 0. The van der Waals surface area contributed by atoms with Crippen molar-refractivity contribution in [2.24, 2.45) is 17.3 Å². The summed E-state index contributed by atoms with van der Waals surface area (Å²) in [6.07, 6.45) is 6.27. The van der Waals surface area contributed by atoms with Crippen molar-refractivity contribution >= 4 is 5.78 Å². The van der Waals surface area contributed by atoms with Crippen LogP contribution in [-0.4, -0.2) is 17.0 Å². The molecule has 3 fully saturated rings. The predicted molar refractivity (Wildman–Crippen MR) is 62.0 cm³/mol. The van der Waals surface area contributed by atoms with Crippen molar-refractivity contribution in [2.75, 3.05) is 0 Å². The van der Waals surface area contributed by atoms with Crippen LogP contribution >= 0.6 is 0 Å². The minimum Gasteiger partial charge on any atom is -0.357 e. The minimum absolute atomic E-state index is 0.00532. The molecule has 0 amide bonds. The summed E-state index contributed by atoms with van der Waals surface area (Å²) in [7, 11) is 0. The Labute approximate surface area is 97.1 Å². The monoisotopic (exact) mass is 220 g/mol. The summed E-state index contributed by atoms with van der Waals surface area (Å²) in [4.78, 5) is 11.1. The number of rotatable bonds is 2. The molecule has 16 heavy (non-hydrogen) atoms. The van der Waals surface area contributed by atoms with Crippen LogP contribution in [0.4, 0.5) is 0 Å². The third-order valence-corrected chi connectivity index (χ3v) is 5.03. The molecule has 0 aromatic heterocycles. The van der Waals surface area contributed by atoms with E-state index >= 15 is 0 Å². The molecule has 1 aliphatic heterocycles. The van der Waals surface area contributed by atoms with Crippen molar-refractivity contribution in [1.29, 1.82) is 0 Å². The van der Waals surface area contributed by atoms with E-state index in [4.69, 9.17) is 4.74 Å². The van der Waals surface area contributed by atoms with Gasteiger partial charge in [0.05, 0.1) is 0 Å². The molecule has 3 aliphatic rings. The molecule has 0 N–H and O–H groups in total. The van der Waals surface area contributed by atoms with Crippen molar-refractivity contribution in [3.8, 4) is 0 Å². The van der Waals surface area contributed by atoms with E-state index in [1.54, 1.807) is 13.0 Å². The highest BCUT2D eigenvalue weighted by Gasteiger charge is 2.81. The lowest BCUT2D eigenvalue weighted by Crippen LogP contribution is -2.42. The molecule has 0 radical (unpaired) electrons. The van der Waals surface area contributed by atoms with Crippen molar-refractivity contribution in [3.63, 3.8) is 0 Å². The van der Waals surface area contributed by atoms with Crippen molar-refractivity contribution in [3.05, 3.63) is 12.2 Å². The number of hydrogen-bond acceptors (Lipinski definition) is 2. The summed E-state index contributed by atoms with van der Waals surface area (Å²) < 4.78 is 6.13. The lowest BCUT2D eigenvalue weighted by Gasteiger charge is -2.36. The number of fused-ring (bicyclic) bond motifs is 3. The summed E-state index contributed by atoms with van der Waals surface area (Å²) in [5.74, 6) is 1.71. The number of carbonyl (C=O) groups is 1. The first-order valence-electron chi connectivity index (χ1n) is 6.22. The molecule has 0 bridgehead atoms. The Kier molecular flexibility index (Phi) is 1.72. The molecule has 2 heteroatoms. The molecule has 1 heterocycles. The topological polar surface area (TPSA) is 29.6 Å². The number of ether oxygens (including phenoxy) is 1. The van der Waals surface area contributed by atoms with Crippen molar-refractivity contribution in [2.45, 2.75) is 51.7 Å². The maximum atomic E-state index is 11.1. The first-order chi connectivity index (χ1) is 7.32. The van der Waals surface area contributed by atoms with E-state index in [9.17, 15) is 4.79 Å². The second-order valence-electron chi connectivity index (χ2n) is 6.58. The van der Waals surface area contributed by atoms with E-state index in [-0.39, 0.29) is 22.4 Å². The third-order valence-electron chi connectivity index (χ3n) is 5.03. The van der Waals surface area contributed by atoms with E-state index in [1.807, 2.05) is 6.08 Å². The average molecular weight is 220 g/mol. The number of allylic oxidation sites excluding steroid dienone is 1. The Hall–Kier alpha value is -0.630. The molecule has 88 valence electrons.